The van der Waals surface area contributed by atoms with Gasteiger partial charge in [0.15, 0.2) is 0 Å². The number of rotatable bonds is 4. The Labute approximate surface area is 95.0 Å². The highest BCUT2D eigenvalue weighted by Gasteiger charge is 2.11. The molecule has 0 fully saturated rings. The molecule has 0 saturated carbocycles. The predicted octanol–water partition coefficient (Wildman–Crippen LogP) is 2.07. The summed E-state index contributed by atoms with van der Waals surface area (Å²) in [4.78, 5) is 11.4. The molecule has 3 nitrogen and oxygen atoms in total. The largest absolute Gasteiger partial charge is 0.374 e. The Balaban J connectivity index is 2.66. The van der Waals surface area contributed by atoms with Crippen molar-refractivity contribution in [3.63, 3.8) is 0 Å². The zero-order valence-electron chi connectivity index (χ0n) is 9.80. The summed E-state index contributed by atoms with van der Waals surface area (Å²) in [6.45, 7) is 5.89. The number of carbonyl (C=O) groups excluding carboxylic acids is 1. The molecule has 1 atom stereocenters. The van der Waals surface area contributed by atoms with Gasteiger partial charge in [-0.1, -0.05) is 6.07 Å². The topological polar surface area (TPSA) is 41.1 Å². The third-order valence-corrected chi connectivity index (χ3v) is 2.30. The van der Waals surface area contributed by atoms with Crippen LogP contribution in [0.5, 0.6) is 0 Å². The molecule has 0 saturated heterocycles. The lowest BCUT2D eigenvalue weighted by molar-refractivity contribution is -0.121. The van der Waals surface area contributed by atoms with Gasteiger partial charge in [0.2, 0.25) is 5.91 Å². The third kappa shape index (κ3) is 3.22. The fourth-order valence-corrected chi connectivity index (χ4v) is 1.33. The zero-order valence-corrected chi connectivity index (χ0v) is 9.80. The maximum absolute atomic E-state index is 13.2. The molecule has 16 heavy (non-hydrogen) atoms. The standard InChI is InChI=1S/C12H17FN2O/c1-4-14-12(16)9(3)15-10-6-5-8(2)11(13)7-10/h5-7,9,15H,4H2,1-3H3,(H,14,16). The van der Waals surface area contributed by atoms with E-state index in [1.807, 2.05) is 6.92 Å². The molecular weight excluding hydrogens is 207 g/mol. The van der Waals surface area contributed by atoms with Gasteiger partial charge in [-0.15, -0.1) is 0 Å². The molecule has 1 aromatic rings. The Kier molecular flexibility index (Phi) is 4.28. The number of carbonyl (C=O) groups is 1. The van der Waals surface area contributed by atoms with Crippen molar-refractivity contribution in [1.29, 1.82) is 0 Å². The first-order valence-corrected chi connectivity index (χ1v) is 5.35. The summed E-state index contributed by atoms with van der Waals surface area (Å²) >= 11 is 0. The molecule has 2 N–H and O–H groups in total. The highest BCUT2D eigenvalue weighted by atomic mass is 19.1. The molecule has 1 unspecified atom stereocenters. The number of benzene rings is 1. The van der Waals surface area contributed by atoms with Gasteiger partial charge in [-0.25, -0.2) is 4.39 Å². The number of aryl methyl sites for hydroxylation is 1. The minimum Gasteiger partial charge on any atom is -0.374 e. The van der Waals surface area contributed by atoms with Crippen LogP contribution in [0.4, 0.5) is 10.1 Å². The van der Waals surface area contributed by atoms with Crippen LogP contribution in [0.1, 0.15) is 19.4 Å². The number of hydrogen-bond donors (Lipinski definition) is 2. The van der Waals surface area contributed by atoms with Crippen LogP contribution in [-0.4, -0.2) is 18.5 Å². The van der Waals surface area contributed by atoms with Crippen LogP contribution in [0.2, 0.25) is 0 Å². The van der Waals surface area contributed by atoms with Crippen molar-refractivity contribution in [3.05, 3.63) is 29.6 Å². The second-order valence-electron chi connectivity index (χ2n) is 3.72. The van der Waals surface area contributed by atoms with Gasteiger partial charge in [0.05, 0.1) is 0 Å². The summed E-state index contributed by atoms with van der Waals surface area (Å²) in [5, 5.41) is 5.64. The lowest BCUT2D eigenvalue weighted by Crippen LogP contribution is -2.37. The molecule has 4 heteroatoms. The number of likely N-dealkylation sites (N-methyl/N-ethyl adjacent to an activating group) is 1. The molecule has 0 radical (unpaired) electrons. The predicted molar refractivity (Wildman–Crippen MR) is 62.9 cm³/mol. The Bertz CT molecular complexity index is 379. The minimum absolute atomic E-state index is 0.0940. The van der Waals surface area contributed by atoms with Crippen LogP contribution in [0.3, 0.4) is 0 Å². The van der Waals surface area contributed by atoms with E-state index in [1.54, 1.807) is 26.0 Å². The SMILES string of the molecule is CCNC(=O)C(C)Nc1ccc(C)c(F)c1. The fraction of sp³-hybridized carbons (Fsp3) is 0.417. The van der Waals surface area contributed by atoms with E-state index in [0.717, 1.165) is 0 Å². The van der Waals surface area contributed by atoms with E-state index in [4.69, 9.17) is 0 Å². The number of hydrogen-bond acceptors (Lipinski definition) is 2. The minimum atomic E-state index is -0.373. The van der Waals surface area contributed by atoms with Crippen molar-refractivity contribution in [2.24, 2.45) is 0 Å². The van der Waals surface area contributed by atoms with Crippen molar-refractivity contribution in [2.45, 2.75) is 26.8 Å². The Morgan fingerprint density at radius 1 is 1.50 bits per heavy atom. The van der Waals surface area contributed by atoms with Gasteiger partial charge in [-0.2, -0.15) is 0 Å². The molecule has 0 aliphatic carbocycles. The number of amides is 1. The third-order valence-electron chi connectivity index (χ3n) is 2.30. The van der Waals surface area contributed by atoms with E-state index in [0.29, 0.717) is 17.8 Å². The van der Waals surface area contributed by atoms with E-state index in [9.17, 15) is 9.18 Å². The van der Waals surface area contributed by atoms with E-state index >= 15 is 0 Å². The van der Waals surface area contributed by atoms with Crippen molar-refractivity contribution >= 4 is 11.6 Å². The monoisotopic (exact) mass is 224 g/mol. The van der Waals surface area contributed by atoms with Crippen LogP contribution >= 0.6 is 0 Å². The van der Waals surface area contributed by atoms with Crippen LogP contribution < -0.4 is 10.6 Å². The summed E-state index contributed by atoms with van der Waals surface area (Å²) in [5.74, 6) is -0.364. The summed E-state index contributed by atoms with van der Waals surface area (Å²) < 4.78 is 13.2. The average molecular weight is 224 g/mol. The van der Waals surface area contributed by atoms with Gasteiger partial charge >= 0.3 is 0 Å². The molecule has 0 heterocycles. The van der Waals surface area contributed by atoms with E-state index in [2.05, 4.69) is 10.6 Å². The van der Waals surface area contributed by atoms with Crippen molar-refractivity contribution in [3.8, 4) is 0 Å². The molecule has 0 aliphatic heterocycles. The summed E-state index contributed by atoms with van der Waals surface area (Å²) in [6, 6.07) is 4.46. The van der Waals surface area contributed by atoms with Crippen LogP contribution in [-0.2, 0) is 4.79 Å². The quantitative estimate of drug-likeness (QED) is 0.822. The van der Waals surface area contributed by atoms with Crippen LogP contribution in [0.15, 0.2) is 18.2 Å². The fourth-order valence-electron chi connectivity index (χ4n) is 1.33. The zero-order chi connectivity index (χ0) is 12.1. The van der Waals surface area contributed by atoms with Crippen molar-refractivity contribution < 1.29 is 9.18 Å². The highest BCUT2D eigenvalue weighted by Crippen LogP contribution is 2.14. The first-order chi connectivity index (χ1) is 7.54. The first kappa shape index (κ1) is 12.5. The highest BCUT2D eigenvalue weighted by molar-refractivity contribution is 5.84. The second kappa shape index (κ2) is 5.49. The molecule has 1 amide bonds. The molecular formula is C12H17FN2O. The van der Waals surface area contributed by atoms with Gasteiger partial charge in [-0.05, 0) is 38.5 Å². The molecule has 0 bridgehead atoms. The molecule has 0 aromatic heterocycles. The molecule has 0 aliphatic rings. The summed E-state index contributed by atoms with van der Waals surface area (Å²) in [5.41, 5.74) is 1.21. The molecule has 0 spiro atoms. The lowest BCUT2D eigenvalue weighted by atomic mass is 10.2. The van der Waals surface area contributed by atoms with Gasteiger partial charge in [0, 0.05) is 12.2 Å². The van der Waals surface area contributed by atoms with Crippen LogP contribution in [0.25, 0.3) is 0 Å². The van der Waals surface area contributed by atoms with Crippen molar-refractivity contribution in [2.75, 3.05) is 11.9 Å². The molecule has 1 rings (SSSR count). The second-order valence-corrected chi connectivity index (χ2v) is 3.72. The Morgan fingerprint density at radius 3 is 2.75 bits per heavy atom. The van der Waals surface area contributed by atoms with Gasteiger partial charge in [0.25, 0.3) is 0 Å². The van der Waals surface area contributed by atoms with Gasteiger partial charge in [-0.3, -0.25) is 4.79 Å². The maximum Gasteiger partial charge on any atom is 0.242 e. The molecule has 1 aromatic carbocycles. The van der Waals surface area contributed by atoms with Gasteiger partial charge in [0.1, 0.15) is 11.9 Å². The number of halogens is 1. The van der Waals surface area contributed by atoms with Crippen LogP contribution in [0, 0.1) is 12.7 Å². The number of nitrogens with one attached hydrogen (secondary N) is 2. The van der Waals surface area contributed by atoms with Crippen molar-refractivity contribution in [1.82, 2.24) is 5.32 Å². The van der Waals surface area contributed by atoms with E-state index in [-0.39, 0.29) is 17.8 Å². The van der Waals surface area contributed by atoms with E-state index < -0.39 is 0 Å². The Morgan fingerprint density at radius 2 is 2.19 bits per heavy atom. The first-order valence-electron chi connectivity index (χ1n) is 5.35. The Hall–Kier alpha value is -1.58. The average Bonchev–Trinajstić information content (AvgIpc) is 2.24. The summed E-state index contributed by atoms with van der Waals surface area (Å²) in [6.07, 6.45) is 0. The summed E-state index contributed by atoms with van der Waals surface area (Å²) in [7, 11) is 0. The number of anilines is 1. The maximum atomic E-state index is 13.2. The normalized spacial score (nSPS) is 12.0. The lowest BCUT2D eigenvalue weighted by Gasteiger charge is -2.14. The van der Waals surface area contributed by atoms with Gasteiger partial charge < -0.3 is 10.6 Å². The van der Waals surface area contributed by atoms with E-state index in [1.165, 1.54) is 6.07 Å². The molecule has 88 valence electrons. The smallest absolute Gasteiger partial charge is 0.242 e.